The van der Waals surface area contributed by atoms with Gasteiger partial charge in [-0.15, -0.1) is 0 Å². The van der Waals surface area contributed by atoms with Crippen molar-refractivity contribution in [2.45, 2.75) is 13.0 Å². The van der Waals surface area contributed by atoms with Gasteiger partial charge < -0.3 is 19.5 Å². The minimum absolute atomic E-state index is 0.0404. The highest BCUT2D eigenvalue weighted by atomic mass is 16.5. The summed E-state index contributed by atoms with van der Waals surface area (Å²) in [6, 6.07) is 7.86. The van der Waals surface area contributed by atoms with Gasteiger partial charge in [0.05, 0.1) is 25.3 Å². The molecule has 1 N–H and O–H groups in total. The number of Topliss-reactive ketones (excluding diaryl/α,β-unsaturated/α-hetero) is 1. The fourth-order valence-electron chi connectivity index (χ4n) is 3.37. The molecule has 1 unspecified atom stereocenters. The van der Waals surface area contributed by atoms with Crippen LogP contribution in [0, 0.1) is 6.92 Å². The highest BCUT2D eigenvalue weighted by Crippen LogP contribution is 2.39. The molecule has 1 aliphatic heterocycles. The first kappa shape index (κ1) is 19.6. The highest BCUT2D eigenvalue weighted by molar-refractivity contribution is 6.46. The summed E-state index contributed by atoms with van der Waals surface area (Å²) in [5.74, 6) is -0.951. The van der Waals surface area contributed by atoms with E-state index in [9.17, 15) is 14.7 Å². The fraction of sp³-hybridized carbons (Fsp3) is 0.286. The fourth-order valence-corrected chi connectivity index (χ4v) is 3.37. The summed E-state index contributed by atoms with van der Waals surface area (Å²) in [7, 11) is 3.08. The third-order valence-corrected chi connectivity index (χ3v) is 4.74. The smallest absolute Gasteiger partial charge is 0.295 e. The molecule has 0 radical (unpaired) electrons. The number of aliphatic hydroxyl groups excluding tert-OH is 1. The molecule has 2 heterocycles. The highest BCUT2D eigenvalue weighted by Gasteiger charge is 2.45. The van der Waals surface area contributed by atoms with Crippen LogP contribution >= 0.6 is 0 Å². The summed E-state index contributed by atoms with van der Waals surface area (Å²) in [5, 5.41) is 11.0. The van der Waals surface area contributed by atoms with Crippen LogP contribution in [-0.4, -0.2) is 54.1 Å². The van der Waals surface area contributed by atoms with E-state index in [1.54, 1.807) is 49.8 Å². The van der Waals surface area contributed by atoms with Gasteiger partial charge in [0, 0.05) is 31.6 Å². The van der Waals surface area contributed by atoms with Crippen LogP contribution in [-0.2, 0) is 14.3 Å². The molecule has 1 fully saturated rings. The number of benzene rings is 1. The lowest BCUT2D eigenvalue weighted by Gasteiger charge is -2.24. The zero-order valence-electron chi connectivity index (χ0n) is 16.0. The van der Waals surface area contributed by atoms with Crippen molar-refractivity contribution in [1.82, 2.24) is 9.88 Å². The molecule has 0 saturated carbocycles. The predicted molar refractivity (Wildman–Crippen MR) is 103 cm³/mol. The molecule has 1 atom stereocenters. The Morgan fingerprint density at radius 2 is 2.04 bits per heavy atom. The molecule has 0 bridgehead atoms. The standard InChI is InChI=1S/C21H22N2O5/c1-13-11-14(6-7-16(13)28-3)19(24)17-18(15-5-4-8-22-12-15)23(9-10-27-2)21(26)20(17)25/h4-8,11-12,18,24H,9-10H2,1-3H3/b19-17-. The lowest BCUT2D eigenvalue weighted by atomic mass is 9.95. The number of methoxy groups -OCH3 is 2. The molecule has 28 heavy (non-hydrogen) atoms. The Balaban J connectivity index is 2.15. The molecule has 1 saturated heterocycles. The van der Waals surface area contributed by atoms with E-state index in [-0.39, 0.29) is 24.5 Å². The van der Waals surface area contributed by atoms with E-state index < -0.39 is 17.7 Å². The number of carbonyl (C=O) groups is 2. The Morgan fingerprint density at radius 3 is 2.64 bits per heavy atom. The first-order valence-electron chi connectivity index (χ1n) is 8.81. The van der Waals surface area contributed by atoms with E-state index in [2.05, 4.69) is 4.98 Å². The zero-order chi connectivity index (χ0) is 20.3. The maximum atomic E-state index is 12.8. The second-order valence-corrected chi connectivity index (χ2v) is 6.46. The molecule has 1 aromatic carbocycles. The van der Waals surface area contributed by atoms with E-state index >= 15 is 0 Å². The topological polar surface area (TPSA) is 89.0 Å². The van der Waals surface area contributed by atoms with Gasteiger partial charge in [-0.1, -0.05) is 6.07 Å². The number of hydrogen-bond acceptors (Lipinski definition) is 6. The normalized spacial score (nSPS) is 18.5. The molecule has 3 rings (SSSR count). The molecule has 146 valence electrons. The van der Waals surface area contributed by atoms with Crippen LogP contribution in [0.3, 0.4) is 0 Å². The maximum Gasteiger partial charge on any atom is 0.295 e. The molecule has 1 aliphatic rings. The number of ether oxygens (including phenoxy) is 2. The third-order valence-electron chi connectivity index (χ3n) is 4.74. The predicted octanol–water partition coefficient (Wildman–Crippen LogP) is 2.47. The van der Waals surface area contributed by atoms with Crippen LogP contribution in [0.15, 0.2) is 48.3 Å². The monoisotopic (exact) mass is 382 g/mol. The van der Waals surface area contributed by atoms with Crippen molar-refractivity contribution in [3.63, 3.8) is 0 Å². The van der Waals surface area contributed by atoms with Crippen LogP contribution < -0.4 is 4.74 Å². The summed E-state index contributed by atoms with van der Waals surface area (Å²) in [6.45, 7) is 2.33. The summed E-state index contributed by atoms with van der Waals surface area (Å²) >= 11 is 0. The van der Waals surface area contributed by atoms with Crippen molar-refractivity contribution in [2.24, 2.45) is 0 Å². The maximum absolute atomic E-state index is 12.8. The number of ketones is 1. The SMILES string of the molecule is COCCN1C(=O)C(=O)/C(=C(\O)c2ccc(OC)c(C)c2)C1c1cccnc1. The summed E-state index contributed by atoms with van der Waals surface area (Å²) in [6.07, 6.45) is 3.20. The molecule has 7 nitrogen and oxygen atoms in total. The first-order valence-corrected chi connectivity index (χ1v) is 8.81. The van der Waals surface area contributed by atoms with Gasteiger partial charge in [-0.2, -0.15) is 0 Å². The first-order chi connectivity index (χ1) is 13.5. The van der Waals surface area contributed by atoms with E-state index in [1.807, 2.05) is 6.92 Å². The van der Waals surface area contributed by atoms with Gasteiger partial charge in [0.25, 0.3) is 11.7 Å². The van der Waals surface area contributed by atoms with Gasteiger partial charge in [0.1, 0.15) is 11.5 Å². The number of nitrogens with zero attached hydrogens (tertiary/aromatic N) is 2. The Hall–Kier alpha value is -3.19. The van der Waals surface area contributed by atoms with Crippen LogP contribution in [0.2, 0.25) is 0 Å². The Kier molecular flexibility index (Phi) is 5.75. The largest absolute Gasteiger partial charge is 0.507 e. The van der Waals surface area contributed by atoms with Crippen molar-refractivity contribution < 1.29 is 24.2 Å². The Labute approximate surface area is 163 Å². The average molecular weight is 382 g/mol. The number of likely N-dealkylation sites (tertiary alicyclic amines) is 1. The van der Waals surface area contributed by atoms with E-state index in [4.69, 9.17) is 9.47 Å². The number of aromatic nitrogens is 1. The van der Waals surface area contributed by atoms with Crippen molar-refractivity contribution in [3.8, 4) is 5.75 Å². The molecule has 1 amide bonds. The van der Waals surface area contributed by atoms with Crippen molar-refractivity contribution in [3.05, 3.63) is 65.0 Å². The van der Waals surface area contributed by atoms with Crippen LogP contribution in [0.4, 0.5) is 0 Å². The number of hydrogen-bond donors (Lipinski definition) is 1. The summed E-state index contributed by atoms with van der Waals surface area (Å²) in [5.41, 5.74) is 1.93. The van der Waals surface area contributed by atoms with Gasteiger partial charge in [-0.05, 0) is 42.3 Å². The average Bonchev–Trinajstić information content (AvgIpc) is 2.97. The third kappa shape index (κ3) is 3.48. The molecular formula is C21H22N2O5. The molecule has 0 spiro atoms. The Morgan fingerprint density at radius 1 is 1.25 bits per heavy atom. The van der Waals surface area contributed by atoms with Crippen molar-refractivity contribution in [1.29, 1.82) is 0 Å². The lowest BCUT2D eigenvalue weighted by molar-refractivity contribution is -0.140. The molecule has 1 aromatic heterocycles. The summed E-state index contributed by atoms with van der Waals surface area (Å²) < 4.78 is 10.3. The second-order valence-electron chi connectivity index (χ2n) is 6.46. The number of aliphatic hydroxyl groups is 1. The Bertz CT molecular complexity index is 924. The summed E-state index contributed by atoms with van der Waals surface area (Å²) in [4.78, 5) is 30.9. The van der Waals surface area contributed by atoms with Crippen LogP contribution in [0.25, 0.3) is 5.76 Å². The number of amides is 1. The quantitative estimate of drug-likeness (QED) is 0.469. The van der Waals surface area contributed by atoms with Gasteiger partial charge in [0.15, 0.2) is 0 Å². The van der Waals surface area contributed by atoms with E-state index in [0.29, 0.717) is 16.9 Å². The van der Waals surface area contributed by atoms with Crippen LogP contribution in [0.5, 0.6) is 5.75 Å². The number of pyridine rings is 1. The van der Waals surface area contributed by atoms with Gasteiger partial charge in [-0.25, -0.2) is 0 Å². The molecule has 2 aromatic rings. The van der Waals surface area contributed by atoms with E-state index in [0.717, 1.165) is 5.56 Å². The molecule has 0 aliphatic carbocycles. The van der Waals surface area contributed by atoms with Crippen molar-refractivity contribution >= 4 is 17.4 Å². The van der Waals surface area contributed by atoms with Crippen molar-refractivity contribution in [2.75, 3.05) is 27.4 Å². The van der Waals surface area contributed by atoms with Gasteiger partial charge in [0.2, 0.25) is 0 Å². The zero-order valence-corrected chi connectivity index (χ0v) is 16.0. The van der Waals surface area contributed by atoms with Gasteiger partial charge >= 0.3 is 0 Å². The van der Waals surface area contributed by atoms with Crippen LogP contribution in [0.1, 0.15) is 22.7 Å². The van der Waals surface area contributed by atoms with E-state index in [1.165, 1.54) is 12.0 Å². The number of rotatable bonds is 6. The number of aryl methyl sites for hydroxylation is 1. The molecule has 7 heteroatoms. The van der Waals surface area contributed by atoms with Gasteiger partial charge in [-0.3, -0.25) is 14.6 Å². The molecular weight excluding hydrogens is 360 g/mol. The minimum Gasteiger partial charge on any atom is -0.507 e. The lowest BCUT2D eigenvalue weighted by Crippen LogP contribution is -2.32. The second kappa shape index (κ2) is 8.22. The number of carbonyl (C=O) groups excluding carboxylic acids is 2. The minimum atomic E-state index is -0.730.